The molecule has 112 valence electrons. The van der Waals surface area contributed by atoms with Gasteiger partial charge in [-0.05, 0) is 34.1 Å². The zero-order chi connectivity index (χ0) is 14.8. The fraction of sp³-hybridized carbons (Fsp3) is 0.500. The van der Waals surface area contributed by atoms with Gasteiger partial charge in [-0.1, -0.05) is 27.5 Å². The van der Waals surface area contributed by atoms with Crippen LogP contribution in [0.3, 0.4) is 0 Å². The van der Waals surface area contributed by atoms with Gasteiger partial charge in [0.2, 0.25) is 10.0 Å². The Hall–Kier alpha value is 0.340. The number of hydrogen-bond acceptors (Lipinski definition) is 3. The van der Waals surface area contributed by atoms with Crippen LogP contribution in [0.2, 0.25) is 5.02 Å². The fourth-order valence-electron chi connectivity index (χ4n) is 2.10. The quantitative estimate of drug-likeness (QED) is 0.668. The van der Waals surface area contributed by atoms with Crippen molar-refractivity contribution in [3.8, 4) is 0 Å². The molecule has 0 unspecified atom stereocenters. The molecule has 2 rings (SSSR count). The molecule has 0 atom stereocenters. The number of nitrogens with zero attached hydrogens (tertiary/aromatic N) is 2. The van der Waals surface area contributed by atoms with Gasteiger partial charge in [-0.3, -0.25) is 4.90 Å². The molecule has 1 saturated heterocycles. The zero-order valence-corrected chi connectivity index (χ0v) is 15.5. The van der Waals surface area contributed by atoms with Crippen molar-refractivity contribution in [3.63, 3.8) is 0 Å². The largest absolute Gasteiger partial charge is 0.300 e. The van der Waals surface area contributed by atoms with E-state index in [4.69, 9.17) is 11.6 Å². The first-order valence-electron chi connectivity index (χ1n) is 6.18. The summed E-state index contributed by atoms with van der Waals surface area (Å²) in [7, 11) is -3.43. The Labute approximate surface area is 141 Å². The van der Waals surface area contributed by atoms with E-state index in [0.717, 1.165) is 25.0 Å². The third-order valence-corrected chi connectivity index (χ3v) is 6.72. The van der Waals surface area contributed by atoms with Crippen molar-refractivity contribution in [2.75, 3.05) is 38.1 Å². The minimum absolute atomic E-state index is 0.280. The number of halogens is 3. The molecule has 0 spiro atoms. The lowest BCUT2D eigenvalue weighted by molar-refractivity contribution is 0.198. The molecule has 1 aromatic rings. The predicted octanol–water partition coefficient (Wildman–Crippen LogP) is 2.80. The first kappa shape index (κ1) is 16.7. The fourth-order valence-corrected chi connectivity index (χ4v) is 4.70. The number of piperazine rings is 1. The van der Waals surface area contributed by atoms with Gasteiger partial charge in [0, 0.05) is 42.5 Å². The number of sulfonamides is 1. The maximum atomic E-state index is 12.5. The molecular formula is C12H15Br2ClN2O2S. The molecule has 0 bridgehead atoms. The van der Waals surface area contributed by atoms with E-state index in [2.05, 4.69) is 36.8 Å². The number of benzene rings is 1. The summed E-state index contributed by atoms with van der Waals surface area (Å²) in [5, 5.41) is 1.41. The van der Waals surface area contributed by atoms with E-state index in [-0.39, 0.29) is 4.90 Å². The van der Waals surface area contributed by atoms with Crippen molar-refractivity contribution in [2.45, 2.75) is 4.90 Å². The highest BCUT2D eigenvalue weighted by Crippen LogP contribution is 2.27. The van der Waals surface area contributed by atoms with Crippen molar-refractivity contribution in [1.29, 1.82) is 0 Å². The van der Waals surface area contributed by atoms with Gasteiger partial charge in [-0.25, -0.2) is 8.42 Å². The van der Waals surface area contributed by atoms with E-state index >= 15 is 0 Å². The zero-order valence-electron chi connectivity index (χ0n) is 10.7. The predicted molar refractivity (Wildman–Crippen MR) is 88.1 cm³/mol. The van der Waals surface area contributed by atoms with Crippen molar-refractivity contribution in [3.05, 3.63) is 27.7 Å². The third-order valence-electron chi connectivity index (χ3n) is 3.26. The molecule has 0 radical (unpaired) electrons. The molecule has 0 aliphatic carbocycles. The van der Waals surface area contributed by atoms with Gasteiger partial charge in [0.25, 0.3) is 0 Å². The SMILES string of the molecule is O=S(=O)(c1ccc(Cl)c(Br)c1)N1CCN(CCBr)CC1. The van der Waals surface area contributed by atoms with Gasteiger partial charge >= 0.3 is 0 Å². The highest BCUT2D eigenvalue weighted by atomic mass is 79.9. The molecule has 1 aliphatic heterocycles. The summed E-state index contributed by atoms with van der Waals surface area (Å²) in [5.41, 5.74) is 0. The lowest BCUT2D eigenvalue weighted by atomic mass is 10.4. The smallest absolute Gasteiger partial charge is 0.243 e. The Morgan fingerprint density at radius 1 is 1.20 bits per heavy atom. The van der Waals surface area contributed by atoms with Crippen LogP contribution in [-0.2, 0) is 10.0 Å². The van der Waals surface area contributed by atoms with Gasteiger partial charge in [0.05, 0.1) is 9.92 Å². The first-order valence-corrected chi connectivity index (χ1v) is 9.92. The van der Waals surface area contributed by atoms with Crippen LogP contribution >= 0.6 is 43.5 Å². The van der Waals surface area contributed by atoms with Crippen molar-refractivity contribution < 1.29 is 8.42 Å². The molecule has 4 nitrogen and oxygen atoms in total. The molecule has 0 N–H and O–H groups in total. The summed E-state index contributed by atoms with van der Waals surface area (Å²) in [6.45, 7) is 3.52. The highest BCUT2D eigenvalue weighted by molar-refractivity contribution is 9.10. The van der Waals surface area contributed by atoms with E-state index in [1.165, 1.54) is 4.31 Å². The second-order valence-electron chi connectivity index (χ2n) is 4.51. The summed E-state index contributed by atoms with van der Waals surface area (Å²) in [6.07, 6.45) is 0. The molecule has 1 aromatic carbocycles. The summed E-state index contributed by atoms with van der Waals surface area (Å²) < 4.78 is 27.2. The lowest BCUT2D eigenvalue weighted by Crippen LogP contribution is -2.48. The van der Waals surface area contributed by atoms with Crippen LogP contribution in [0.25, 0.3) is 0 Å². The van der Waals surface area contributed by atoms with E-state index in [1.54, 1.807) is 18.2 Å². The molecule has 0 saturated carbocycles. The van der Waals surface area contributed by atoms with Gasteiger partial charge in [-0.15, -0.1) is 0 Å². The summed E-state index contributed by atoms with van der Waals surface area (Å²) >= 11 is 12.6. The number of alkyl halides is 1. The topological polar surface area (TPSA) is 40.6 Å². The monoisotopic (exact) mass is 444 g/mol. The molecule has 1 aliphatic rings. The summed E-state index contributed by atoms with van der Waals surface area (Å²) in [4.78, 5) is 2.53. The van der Waals surface area contributed by atoms with Crippen LogP contribution < -0.4 is 0 Å². The van der Waals surface area contributed by atoms with Crippen LogP contribution in [0.5, 0.6) is 0 Å². The lowest BCUT2D eigenvalue weighted by Gasteiger charge is -2.33. The summed E-state index contributed by atoms with van der Waals surface area (Å²) in [5.74, 6) is 0. The van der Waals surface area contributed by atoms with Crippen LogP contribution in [-0.4, -0.2) is 55.7 Å². The third kappa shape index (κ3) is 3.75. The molecule has 1 heterocycles. The molecule has 1 fully saturated rings. The van der Waals surface area contributed by atoms with E-state index < -0.39 is 10.0 Å². The van der Waals surface area contributed by atoms with Crippen LogP contribution in [0, 0.1) is 0 Å². The normalized spacial score (nSPS) is 18.4. The number of hydrogen-bond donors (Lipinski definition) is 0. The van der Waals surface area contributed by atoms with E-state index in [0.29, 0.717) is 22.6 Å². The molecule has 0 aromatic heterocycles. The first-order chi connectivity index (χ1) is 9.45. The maximum Gasteiger partial charge on any atom is 0.243 e. The van der Waals surface area contributed by atoms with Gasteiger partial charge in [0.1, 0.15) is 0 Å². The summed E-state index contributed by atoms with van der Waals surface area (Å²) in [6, 6.07) is 4.70. The average Bonchev–Trinajstić information content (AvgIpc) is 2.43. The Bertz CT molecular complexity index is 575. The average molecular weight is 447 g/mol. The van der Waals surface area contributed by atoms with E-state index in [1.807, 2.05) is 0 Å². The van der Waals surface area contributed by atoms with Crippen LogP contribution in [0.1, 0.15) is 0 Å². The van der Waals surface area contributed by atoms with Crippen LogP contribution in [0.4, 0.5) is 0 Å². The minimum Gasteiger partial charge on any atom is -0.300 e. The van der Waals surface area contributed by atoms with Crippen molar-refractivity contribution in [2.24, 2.45) is 0 Å². The van der Waals surface area contributed by atoms with Crippen molar-refractivity contribution >= 4 is 53.5 Å². The standard InChI is InChI=1S/C12H15Br2ClN2O2S/c13-3-4-16-5-7-17(8-6-16)20(18,19)10-1-2-12(15)11(14)9-10/h1-2,9H,3-8H2. The Morgan fingerprint density at radius 2 is 1.85 bits per heavy atom. The molecule has 0 amide bonds. The minimum atomic E-state index is -3.43. The second-order valence-corrected chi connectivity index (χ2v) is 8.50. The Kier molecular flexibility index (Phi) is 5.90. The molecule has 20 heavy (non-hydrogen) atoms. The van der Waals surface area contributed by atoms with Gasteiger partial charge < -0.3 is 0 Å². The Morgan fingerprint density at radius 3 is 2.40 bits per heavy atom. The van der Waals surface area contributed by atoms with Gasteiger partial charge in [0.15, 0.2) is 0 Å². The van der Waals surface area contributed by atoms with E-state index in [9.17, 15) is 8.42 Å². The van der Waals surface area contributed by atoms with Crippen LogP contribution in [0.15, 0.2) is 27.6 Å². The second kappa shape index (κ2) is 7.07. The van der Waals surface area contributed by atoms with Crippen molar-refractivity contribution in [1.82, 2.24) is 9.21 Å². The maximum absolute atomic E-state index is 12.5. The molecular weight excluding hydrogens is 431 g/mol. The highest BCUT2D eigenvalue weighted by Gasteiger charge is 2.28. The van der Waals surface area contributed by atoms with Gasteiger partial charge in [-0.2, -0.15) is 4.31 Å². The Balaban J connectivity index is 2.13. The molecule has 8 heteroatoms. The number of rotatable bonds is 4.